The van der Waals surface area contributed by atoms with E-state index in [0.717, 1.165) is 80.0 Å². The lowest BCUT2D eigenvalue weighted by molar-refractivity contribution is 0.667. The van der Waals surface area contributed by atoms with Gasteiger partial charge in [0.05, 0.1) is 5.69 Å². The lowest BCUT2D eigenvalue weighted by Crippen LogP contribution is -2.36. The smallest absolute Gasteiger partial charge is 0.170 e. The second-order valence-corrected chi connectivity index (χ2v) is 13.4. The molecule has 0 amide bonds. The first-order valence-electron chi connectivity index (χ1n) is 17.7. The van der Waals surface area contributed by atoms with Crippen molar-refractivity contribution in [1.82, 2.24) is 15.3 Å². The van der Waals surface area contributed by atoms with Gasteiger partial charge in [0.15, 0.2) is 6.17 Å². The third kappa shape index (κ3) is 5.28. The molecule has 1 aliphatic heterocycles. The molecule has 1 unspecified atom stereocenters. The molecule has 0 spiro atoms. The van der Waals surface area contributed by atoms with Gasteiger partial charge in [0.25, 0.3) is 0 Å². The van der Waals surface area contributed by atoms with Gasteiger partial charge in [0, 0.05) is 45.1 Å². The lowest BCUT2D eigenvalue weighted by Gasteiger charge is -2.22. The first-order valence-corrected chi connectivity index (χ1v) is 17.7. The number of furan rings is 1. The number of amidine groups is 2. The van der Waals surface area contributed by atoms with Crippen LogP contribution in [0.4, 0.5) is 0 Å². The number of nitrogens with one attached hydrogen (secondary N) is 1. The number of fused-ring (bicyclic) bond motifs is 6. The van der Waals surface area contributed by atoms with Crippen molar-refractivity contribution in [3.63, 3.8) is 0 Å². The van der Waals surface area contributed by atoms with E-state index in [1.165, 1.54) is 22.3 Å². The second kappa shape index (κ2) is 12.6. The van der Waals surface area contributed by atoms with Gasteiger partial charge in [-0.05, 0) is 64.9 Å². The Morgan fingerprint density at radius 3 is 2.04 bits per heavy atom. The maximum atomic E-state index is 6.48. The molecule has 0 radical (unpaired) electrons. The Hall–Kier alpha value is -6.66. The van der Waals surface area contributed by atoms with Crippen LogP contribution in [0, 0.1) is 0 Å². The van der Waals surface area contributed by atoms with Crippen molar-refractivity contribution in [2.45, 2.75) is 24.9 Å². The van der Waals surface area contributed by atoms with Crippen molar-refractivity contribution in [2.75, 3.05) is 0 Å². The molecular formula is C46H33N5O. The van der Waals surface area contributed by atoms with E-state index in [0.29, 0.717) is 0 Å². The molecule has 10 rings (SSSR count). The van der Waals surface area contributed by atoms with Gasteiger partial charge >= 0.3 is 0 Å². The molecule has 1 N–H and O–H groups in total. The van der Waals surface area contributed by atoms with Crippen LogP contribution in [0.3, 0.4) is 0 Å². The number of rotatable bonds is 5. The zero-order chi connectivity index (χ0) is 34.4. The molecule has 6 aromatic carbocycles. The number of aryl methyl sites for hydroxylation is 1. The highest BCUT2D eigenvalue weighted by Gasteiger charge is 2.27. The van der Waals surface area contributed by atoms with Gasteiger partial charge in [-0.25, -0.2) is 20.0 Å². The molecule has 6 nitrogen and oxygen atoms in total. The quantitative estimate of drug-likeness (QED) is 0.198. The van der Waals surface area contributed by atoms with Crippen molar-refractivity contribution in [1.29, 1.82) is 0 Å². The summed E-state index contributed by atoms with van der Waals surface area (Å²) in [6.45, 7) is 0. The topological polar surface area (TPSA) is 75.7 Å². The molecule has 0 bridgehead atoms. The van der Waals surface area contributed by atoms with Crippen LogP contribution in [-0.4, -0.2) is 21.6 Å². The van der Waals surface area contributed by atoms with Gasteiger partial charge in [-0.3, -0.25) is 0 Å². The number of hydrogen-bond donors (Lipinski definition) is 1. The maximum absolute atomic E-state index is 6.48. The van der Waals surface area contributed by atoms with E-state index >= 15 is 0 Å². The predicted octanol–water partition coefficient (Wildman–Crippen LogP) is 10.3. The monoisotopic (exact) mass is 671 g/mol. The van der Waals surface area contributed by atoms with E-state index in [4.69, 9.17) is 19.4 Å². The number of aromatic nitrogens is 2. The summed E-state index contributed by atoms with van der Waals surface area (Å²) in [5.74, 6) is 1.84. The van der Waals surface area contributed by atoms with Crippen molar-refractivity contribution in [3.05, 3.63) is 191 Å². The van der Waals surface area contributed by atoms with E-state index in [1.807, 2.05) is 54.7 Å². The van der Waals surface area contributed by atoms with Gasteiger partial charge in [0.1, 0.15) is 29.2 Å². The van der Waals surface area contributed by atoms with Crippen molar-refractivity contribution in [3.8, 4) is 22.4 Å². The van der Waals surface area contributed by atoms with Crippen LogP contribution in [0.5, 0.6) is 0 Å². The molecule has 2 aromatic heterocycles. The van der Waals surface area contributed by atoms with E-state index in [1.54, 1.807) is 6.33 Å². The Kier molecular flexibility index (Phi) is 7.31. The van der Waals surface area contributed by atoms with Gasteiger partial charge in [0.2, 0.25) is 0 Å². The largest absolute Gasteiger partial charge is 0.456 e. The molecule has 1 aliphatic carbocycles. The fraction of sp³-hybridized carbons (Fsp3) is 0.0870. The van der Waals surface area contributed by atoms with Crippen LogP contribution in [0.2, 0.25) is 0 Å². The fourth-order valence-electron chi connectivity index (χ4n) is 7.84. The molecule has 8 aromatic rings. The molecule has 0 saturated heterocycles. The SMILES string of the molecule is c1ccc(C2=NC(c3cccc4oc5ccc(-c6ccc7c(c6)-c6ncncc6CCC7c6ccccc6)cc5c34)N=C(c3ccccc3)N2)cc1. The molecule has 6 heteroatoms. The Morgan fingerprint density at radius 2 is 1.29 bits per heavy atom. The van der Waals surface area contributed by atoms with E-state index in [2.05, 4.69) is 107 Å². The predicted molar refractivity (Wildman–Crippen MR) is 209 cm³/mol. The van der Waals surface area contributed by atoms with E-state index in [-0.39, 0.29) is 5.92 Å². The minimum Gasteiger partial charge on any atom is -0.456 e. The third-order valence-corrected chi connectivity index (χ3v) is 10.3. The van der Waals surface area contributed by atoms with Gasteiger partial charge in [-0.2, -0.15) is 0 Å². The minimum atomic E-state index is -0.474. The first kappa shape index (κ1) is 30.2. The highest BCUT2D eigenvalue weighted by atomic mass is 16.3. The summed E-state index contributed by atoms with van der Waals surface area (Å²) >= 11 is 0. The Balaban J connectivity index is 1.12. The van der Waals surface area contributed by atoms with Gasteiger partial charge in [-0.1, -0.05) is 121 Å². The Bertz CT molecular complexity index is 2610. The molecule has 248 valence electrons. The maximum Gasteiger partial charge on any atom is 0.170 e. The number of hydrogen-bond acceptors (Lipinski definition) is 6. The summed E-state index contributed by atoms with van der Waals surface area (Å²) in [5, 5.41) is 5.57. The summed E-state index contributed by atoms with van der Waals surface area (Å²) in [4.78, 5) is 19.6. The normalized spacial score (nSPS) is 15.7. The van der Waals surface area contributed by atoms with Crippen LogP contribution < -0.4 is 5.32 Å². The summed E-state index contributed by atoms with van der Waals surface area (Å²) in [5.41, 5.74) is 12.9. The highest BCUT2D eigenvalue weighted by molar-refractivity contribution is 6.16. The van der Waals surface area contributed by atoms with Gasteiger partial charge < -0.3 is 9.73 Å². The van der Waals surface area contributed by atoms with Gasteiger partial charge in [-0.15, -0.1) is 0 Å². The molecule has 1 atom stereocenters. The van der Waals surface area contributed by atoms with Crippen LogP contribution in [0.15, 0.2) is 173 Å². The molecule has 2 aliphatic rings. The number of benzene rings is 6. The summed E-state index contributed by atoms with van der Waals surface area (Å²) in [6, 6.07) is 50.8. The molecular weight excluding hydrogens is 639 g/mol. The highest BCUT2D eigenvalue weighted by Crippen LogP contribution is 2.43. The summed E-state index contributed by atoms with van der Waals surface area (Å²) in [7, 11) is 0. The molecule has 0 saturated carbocycles. The summed E-state index contributed by atoms with van der Waals surface area (Å²) < 4.78 is 6.48. The van der Waals surface area contributed by atoms with Crippen molar-refractivity contribution in [2.24, 2.45) is 9.98 Å². The third-order valence-electron chi connectivity index (χ3n) is 10.3. The van der Waals surface area contributed by atoms with Crippen LogP contribution in [0.25, 0.3) is 44.3 Å². The van der Waals surface area contributed by atoms with E-state index in [9.17, 15) is 0 Å². The Morgan fingerprint density at radius 1 is 0.596 bits per heavy atom. The van der Waals surface area contributed by atoms with Crippen molar-refractivity contribution < 1.29 is 4.42 Å². The van der Waals surface area contributed by atoms with Crippen LogP contribution in [-0.2, 0) is 6.42 Å². The first-order chi connectivity index (χ1) is 25.8. The zero-order valence-electron chi connectivity index (χ0n) is 28.3. The lowest BCUT2D eigenvalue weighted by atomic mass is 9.85. The second-order valence-electron chi connectivity index (χ2n) is 13.4. The molecule has 52 heavy (non-hydrogen) atoms. The van der Waals surface area contributed by atoms with Crippen LogP contribution >= 0.6 is 0 Å². The molecule has 3 heterocycles. The van der Waals surface area contributed by atoms with E-state index < -0.39 is 6.17 Å². The number of nitrogens with zero attached hydrogens (tertiary/aromatic N) is 4. The molecule has 0 fully saturated rings. The Labute approximate surface area is 301 Å². The standard InChI is InChI=1S/C46H33N5O/c1-4-11-29(12-5-1)35-22-20-34-27-47-28-48-43(34)38-25-32(19-23-36(35)38)33-21-24-40-39(26-33)42-37(17-10-18-41(42)52-40)46-50-44(30-13-6-2-7-14-30)49-45(51-46)31-15-8-3-9-16-31/h1-19,21,23-28,35,46H,20,22H2,(H,49,50,51). The fourth-order valence-corrected chi connectivity index (χ4v) is 7.84. The van der Waals surface area contributed by atoms with Crippen molar-refractivity contribution >= 4 is 33.6 Å². The summed E-state index contributed by atoms with van der Waals surface area (Å²) in [6.07, 6.45) is 5.11. The number of aliphatic imine (C=N–C) groups is 2. The van der Waals surface area contributed by atoms with Crippen LogP contribution in [0.1, 0.15) is 51.9 Å². The average molecular weight is 672 g/mol. The minimum absolute atomic E-state index is 0.273. The average Bonchev–Trinajstić information content (AvgIpc) is 3.52. The zero-order valence-corrected chi connectivity index (χ0v) is 28.3.